The summed E-state index contributed by atoms with van der Waals surface area (Å²) in [5, 5.41) is 4.74. The van der Waals surface area contributed by atoms with Gasteiger partial charge in [0.1, 0.15) is 11.5 Å². The van der Waals surface area contributed by atoms with Crippen molar-refractivity contribution in [1.82, 2.24) is 5.32 Å². The first-order valence-corrected chi connectivity index (χ1v) is 15.5. The molecule has 0 aliphatic carbocycles. The van der Waals surface area contributed by atoms with Crippen molar-refractivity contribution >= 4 is 40.6 Å². The van der Waals surface area contributed by atoms with Gasteiger partial charge in [-0.3, -0.25) is 14.4 Å². The van der Waals surface area contributed by atoms with E-state index in [0.29, 0.717) is 17.7 Å². The van der Waals surface area contributed by atoms with Crippen LogP contribution in [0.4, 0.5) is 0 Å². The molecule has 1 aromatic rings. The Morgan fingerprint density at radius 3 is 2.42 bits per heavy atom. The molecule has 0 radical (unpaired) electrons. The number of amides is 2. The minimum absolute atomic E-state index is 0.0760. The van der Waals surface area contributed by atoms with Gasteiger partial charge in [-0.05, 0) is 72.9 Å². The highest BCUT2D eigenvalue weighted by molar-refractivity contribution is 8.16. The Bertz CT molecular complexity index is 1320. The lowest BCUT2D eigenvalue weighted by Gasteiger charge is -2.32. The van der Waals surface area contributed by atoms with E-state index in [1.54, 1.807) is 49.8 Å². The first kappa shape index (κ1) is 37.4. The van der Waals surface area contributed by atoms with E-state index in [0.717, 1.165) is 40.5 Å². The number of hydrogen-bond donors (Lipinski definition) is 2. The highest BCUT2D eigenvalue weighted by atomic mass is 32.2. The lowest BCUT2D eigenvalue weighted by atomic mass is 9.72. The normalized spacial score (nSPS) is 15.0. The van der Waals surface area contributed by atoms with Crippen LogP contribution in [-0.2, 0) is 14.3 Å². The molecule has 1 aromatic carbocycles. The van der Waals surface area contributed by atoms with E-state index in [4.69, 9.17) is 10.5 Å². The van der Waals surface area contributed by atoms with Crippen LogP contribution < -0.4 is 11.1 Å². The summed E-state index contributed by atoms with van der Waals surface area (Å²) < 4.78 is 5.44. The average Bonchev–Trinajstić information content (AvgIpc) is 2.98. The van der Waals surface area contributed by atoms with E-state index < -0.39 is 5.41 Å². The Morgan fingerprint density at radius 1 is 1.19 bits per heavy atom. The highest BCUT2D eigenvalue weighted by Crippen LogP contribution is 2.38. The van der Waals surface area contributed by atoms with Gasteiger partial charge in [-0.2, -0.15) is 4.99 Å². The van der Waals surface area contributed by atoms with Gasteiger partial charge in [-0.15, -0.1) is 0 Å². The second-order valence-corrected chi connectivity index (χ2v) is 11.8. The summed E-state index contributed by atoms with van der Waals surface area (Å²) in [6.45, 7) is 19.3. The van der Waals surface area contributed by atoms with Gasteiger partial charge in [0.25, 0.3) is 11.8 Å². The molecule has 0 aliphatic rings. The van der Waals surface area contributed by atoms with Gasteiger partial charge in [0.15, 0.2) is 5.17 Å². The van der Waals surface area contributed by atoms with E-state index in [1.807, 2.05) is 59.8 Å². The van der Waals surface area contributed by atoms with Crippen molar-refractivity contribution < 1.29 is 19.1 Å². The number of amidine groups is 1. The fourth-order valence-corrected chi connectivity index (χ4v) is 4.92. The molecule has 0 bridgehead atoms. The number of allylic oxidation sites excluding steroid dienone is 6. The molecular formula is C35H49N3O4S. The molecule has 0 aromatic heterocycles. The number of hydrogen-bond acceptors (Lipinski definition) is 5. The van der Waals surface area contributed by atoms with Crippen molar-refractivity contribution in [1.29, 1.82) is 0 Å². The van der Waals surface area contributed by atoms with Crippen LogP contribution in [0.25, 0.3) is 6.08 Å². The zero-order valence-electron chi connectivity index (χ0n) is 27.2. The second kappa shape index (κ2) is 18.1. The molecule has 0 aliphatic heterocycles. The highest BCUT2D eigenvalue weighted by Gasteiger charge is 2.37. The third-order valence-electron chi connectivity index (χ3n) is 7.71. The van der Waals surface area contributed by atoms with Crippen molar-refractivity contribution in [3.63, 3.8) is 0 Å². The topological polar surface area (TPSA) is 111 Å². The van der Waals surface area contributed by atoms with Crippen molar-refractivity contribution in [3.8, 4) is 0 Å². The SMILES string of the molecule is C=C/C(=C(\CC)C(C)C(C)=O)C(C)C(C)(C)C(=O)N=C(N)S/C=C/c1cccc(C(=O)NC/C(OC)=C(C)\C=C/CC)c1. The number of benzene rings is 1. The van der Waals surface area contributed by atoms with Crippen LogP contribution in [0.3, 0.4) is 0 Å². The van der Waals surface area contributed by atoms with E-state index >= 15 is 0 Å². The number of nitrogens with two attached hydrogens (primary N) is 1. The summed E-state index contributed by atoms with van der Waals surface area (Å²) in [4.78, 5) is 42.3. The largest absolute Gasteiger partial charge is 0.499 e. The smallest absolute Gasteiger partial charge is 0.254 e. The number of ether oxygens (including phenoxy) is 1. The summed E-state index contributed by atoms with van der Waals surface area (Å²) in [6, 6.07) is 7.18. The summed E-state index contributed by atoms with van der Waals surface area (Å²) >= 11 is 1.12. The number of Topliss-reactive ketones (excluding diaryl/α,β-unsaturated/α-hetero) is 1. The summed E-state index contributed by atoms with van der Waals surface area (Å²) in [7, 11) is 1.59. The first-order valence-electron chi connectivity index (χ1n) is 14.6. The van der Waals surface area contributed by atoms with Gasteiger partial charge in [0, 0.05) is 11.5 Å². The van der Waals surface area contributed by atoms with Gasteiger partial charge < -0.3 is 15.8 Å². The zero-order valence-corrected chi connectivity index (χ0v) is 28.1. The molecule has 8 heteroatoms. The predicted molar refractivity (Wildman–Crippen MR) is 181 cm³/mol. The average molecular weight is 608 g/mol. The molecule has 0 heterocycles. The molecule has 0 saturated carbocycles. The molecule has 0 fully saturated rings. The van der Waals surface area contributed by atoms with Crippen LogP contribution in [0.5, 0.6) is 0 Å². The van der Waals surface area contributed by atoms with Gasteiger partial charge in [0.05, 0.1) is 19.1 Å². The van der Waals surface area contributed by atoms with Gasteiger partial charge in [-0.1, -0.05) is 95.8 Å². The lowest BCUT2D eigenvalue weighted by Crippen LogP contribution is -2.33. The number of nitrogens with one attached hydrogen (secondary N) is 1. The van der Waals surface area contributed by atoms with Crippen molar-refractivity contribution in [2.45, 2.75) is 68.2 Å². The third kappa shape index (κ3) is 11.2. The molecule has 0 saturated heterocycles. The second-order valence-electron chi connectivity index (χ2n) is 10.9. The summed E-state index contributed by atoms with van der Waals surface area (Å²) in [5.41, 5.74) is 9.38. The van der Waals surface area contributed by atoms with Gasteiger partial charge in [-0.25, -0.2) is 0 Å². The molecule has 234 valence electrons. The lowest BCUT2D eigenvalue weighted by molar-refractivity contribution is -0.127. The van der Waals surface area contributed by atoms with Gasteiger partial charge >= 0.3 is 0 Å². The summed E-state index contributed by atoms with van der Waals surface area (Å²) in [5.74, 6) is -0.279. The van der Waals surface area contributed by atoms with Crippen LogP contribution in [0.2, 0.25) is 0 Å². The zero-order chi connectivity index (χ0) is 32.7. The fraction of sp³-hybridized carbons (Fsp3) is 0.429. The Kier molecular flexibility index (Phi) is 15.7. The number of nitrogens with zero attached hydrogens (tertiary/aromatic N) is 1. The Hall–Kier alpha value is -3.65. The van der Waals surface area contributed by atoms with Crippen molar-refractivity contribution in [3.05, 3.63) is 88.1 Å². The molecule has 2 amide bonds. The number of carbonyl (C=O) groups excluding carboxylic acids is 3. The van der Waals surface area contributed by atoms with E-state index in [2.05, 4.69) is 23.8 Å². The van der Waals surface area contributed by atoms with Crippen LogP contribution in [0, 0.1) is 17.3 Å². The predicted octanol–water partition coefficient (Wildman–Crippen LogP) is 7.63. The monoisotopic (exact) mass is 607 g/mol. The minimum atomic E-state index is -0.875. The number of thioether (sulfide) groups is 1. The van der Waals surface area contributed by atoms with Crippen molar-refractivity contribution in [2.24, 2.45) is 28.0 Å². The van der Waals surface area contributed by atoms with Crippen molar-refractivity contribution in [2.75, 3.05) is 13.7 Å². The first-order chi connectivity index (χ1) is 20.2. The number of methoxy groups -OCH3 is 1. The molecule has 3 N–H and O–H groups in total. The standard InChI is InChI=1S/C35H49N3O4S/c1-11-14-16-23(4)31(42-10)22-37-32(40)28-18-15-17-27(21-28)19-20-43-34(36)38-33(41)35(8,9)25(6)30(13-3)29(12-2)24(5)26(7)39/h13-21,24-25H,3,11-12,22H2,1-2,4-10H3,(H,37,40)(H2,36,38,41)/b16-14-,20-19+,30-29-,31-23+. The molecule has 7 nitrogen and oxygen atoms in total. The molecule has 43 heavy (non-hydrogen) atoms. The Morgan fingerprint density at radius 2 is 1.86 bits per heavy atom. The Labute approximate surface area is 262 Å². The van der Waals surface area contributed by atoms with Gasteiger partial charge in [0.2, 0.25) is 0 Å². The Balaban J connectivity index is 2.99. The molecule has 2 unspecified atom stereocenters. The number of ketones is 1. The van der Waals surface area contributed by atoms with Crippen LogP contribution in [-0.4, -0.2) is 36.4 Å². The fourth-order valence-electron chi connectivity index (χ4n) is 4.42. The summed E-state index contributed by atoms with van der Waals surface area (Å²) in [6.07, 6.45) is 9.17. The number of carbonyl (C=O) groups is 3. The van der Waals surface area contributed by atoms with Crippen LogP contribution in [0.15, 0.2) is 82.0 Å². The maximum absolute atomic E-state index is 13.2. The molecule has 0 spiro atoms. The molecule has 1 rings (SSSR count). The number of aliphatic imine (C=N–C) groups is 1. The maximum Gasteiger partial charge on any atom is 0.254 e. The molecular weight excluding hydrogens is 558 g/mol. The maximum atomic E-state index is 13.2. The minimum Gasteiger partial charge on any atom is -0.499 e. The third-order valence-corrected chi connectivity index (χ3v) is 8.32. The quantitative estimate of drug-likeness (QED) is 0.0918. The van der Waals surface area contributed by atoms with E-state index in [1.165, 1.54) is 0 Å². The van der Waals surface area contributed by atoms with E-state index in [-0.39, 0.29) is 41.1 Å². The van der Waals surface area contributed by atoms with Crippen LogP contribution in [0.1, 0.15) is 84.2 Å². The van der Waals surface area contributed by atoms with Crippen LogP contribution >= 0.6 is 11.8 Å². The number of rotatable bonds is 15. The molecule has 2 atom stereocenters. The van der Waals surface area contributed by atoms with E-state index in [9.17, 15) is 14.4 Å².